The summed E-state index contributed by atoms with van der Waals surface area (Å²) in [6, 6.07) is 13.3. The fraction of sp³-hybridized carbons (Fsp3) is 0.211. The quantitative estimate of drug-likeness (QED) is 0.415. The number of ether oxygens (including phenoxy) is 3. The Morgan fingerprint density at radius 2 is 1.58 bits per heavy atom. The number of hydrogen-bond donors (Lipinski definition) is 1. The highest BCUT2D eigenvalue weighted by Crippen LogP contribution is 2.40. The molecule has 1 unspecified atom stereocenters. The van der Waals surface area contributed by atoms with Gasteiger partial charge in [-0.15, -0.1) is 0 Å². The van der Waals surface area contributed by atoms with Gasteiger partial charge in [-0.05, 0) is 17.7 Å². The molecule has 1 atom stereocenters. The van der Waals surface area contributed by atoms with Gasteiger partial charge in [0.1, 0.15) is 27.2 Å². The molecule has 3 rings (SSSR count). The average Bonchev–Trinajstić information content (AvgIpc) is 2.97. The Bertz CT molecular complexity index is 1130. The van der Waals surface area contributed by atoms with Crippen molar-refractivity contribution in [2.45, 2.75) is 10.0 Å². The van der Waals surface area contributed by atoms with Crippen molar-refractivity contribution >= 4 is 39.4 Å². The summed E-state index contributed by atoms with van der Waals surface area (Å²) in [5.74, 6) is -0.849. The molecule has 0 aromatic heterocycles. The fourth-order valence-corrected chi connectivity index (χ4v) is 4.20. The number of hydrogen-bond acceptors (Lipinski definition) is 8. The lowest BCUT2D eigenvalue weighted by molar-refractivity contribution is -0.126. The Morgan fingerprint density at radius 3 is 2.10 bits per heavy atom. The maximum absolute atomic E-state index is 13.2. The molecule has 160 valence electrons. The van der Waals surface area contributed by atoms with Gasteiger partial charge in [-0.1, -0.05) is 30.3 Å². The predicted molar refractivity (Wildman–Crippen MR) is 122 cm³/mol. The summed E-state index contributed by atoms with van der Waals surface area (Å²) in [4.78, 5) is 13.2. The minimum absolute atomic E-state index is 0.370. The first kappa shape index (κ1) is 22.7. The summed E-state index contributed by atoms with van der Waals surface area (Å²) in [7, 11) is 3.08. The molecular formula is C19H22B3NO7S. The number of methoxy groups -OCH3 is 2. The molecule has 1 aliphatic rings. The molecule has 2 N–H and O–H groups in total. The number of Topliss-reactive ketones (excluding diaryl/α,β-unsaturated/α-hetero) is 1. The van der Waals surface area contributed by atoms with E-state index in [1.165, 1.54) is 37.8 Å². The van der Waals surface area contributed by atoms with E-state index in [9.17, 15) is 13.2 Å². The van der Waals surface area contributed by atoms with Crippen molar-refractivity contribution in [2.24, 2.45) is 5.73 Å². The zero-order chi connectivity index (χ0) is 23.0. The third-order valence-corrected chi connectivity index (χ3v) is 7.24. The third-order valence-electron chi connectivity index (χ3n) is 5.37. The first-order valence-corrected chi connectivity index (χ1v) is 10.8. The van der Waals surface area contributed by atoms with Gasteiger partial charge < -0.3 is 24.1 Å². The second kappa shape index (κ2) is 7.92. The van der Waals surface area contributed by atoms with Crippen LogP contribution in [0.4, 0.5) is 0 Å². The van der Waals surface area contributed by atoms with Crippen molar-refractivity contribution < 1.29 is 31.6 Å². The number of benzene rings is 2. The number of nitrogens with two attached hydrogens (primary N) is 1. The van der Waals surface area contributed by atoms with Crippen molar-refractivity contribution in [1.29, 1.82) is 0 Å². The Morgan fingerprint density at radius 1 is 1.03 bits per heavy atom. The summed E-state index contributed by atoms with van der Waals surface area (Å²) >= 11 is 0. The highest BCUT2D eigenvalue weighted by atomic mass is 32.2. The normalized spacial score (nSPS) is 19.1. The van der Waals surface area contributed by atoms with Crippen LogP contribution in [0.2, 0.25) is 0 Å². The largest absolute Gasteiger partial charge is 0.497 e. The minimum atomic E-state index is -4.31. The lowest BCUT2D eigenvalue weighted by Gasteiger charge is -2.26. The molecule has 1 heterocycles. The number of carbonyl (C=O) groups excluding carboxylic acids is 1. The molecule has 1 aliphatic heterocycles. The van der Waals surface area contributed by atoms with Gasteiger partial charge in [-0.2, -0.15) is 8.42 Å². The topological polar surface area (TPSA) is 114 Å². The fourth-order valence-electron chi connectivity index (χ4n) is 3.19. The van der Waals surface area contributed by atoms with Gasteiger partial charge in [-0.3, -0.25) is 4.79 Å². The summed E-state index contributed by atoms with van der Waals surface area (Å²) in [5, 5.41) is 0. The molecule has 2 aromatic rings. The van der Waals surface area contributed by atoms with Gasteiger partial charge in [0.15, 0.2) is 13.3 Å². The van der Waals surface area contributed by atoms with E-state index in [0.717, 1.165) is 0 Å². The first-order chi connectivity index (χ1) is 14.5. The van der Waals surface area contributed by atoms with Gasteiger partial charge in [-0.25, -0.2) is 0 Å². The average molecular weight is 441 g/mol. The van der Waals surface area contributed by atoms with Gasteiger partial charge in [0.05, 0.1) is 18.8 Å². The predicted octanol–water partition coefficient (Wildman–Crippen LogP) is -1.36. The number of ketones is 1. The second-order valence-electron chi connectivity index (χ2n) is 7.67. The van der Waals surface area contributed by atoms with E-state index in [0.29, 0.717) is 22.6 Å². The highest BCUT2D eigenvalue weighted by Gasteiger charge is 2.51. The molecule has 0 spiro atoms. The molecule has 0 aliphatic carbocycles. The maximum Gasteiger partial charge on any atom is 0.304 e. The lowest BCUT2D eigenvalue weighted by Crippen LogP contribution is -2.40. The highest BCUT2D eigenvalue weighted by molar-refractivity contribution is 7.90. The smallest absolute Gasteiger partial charge is 0.304 e. The van der Waals surface area contributed by atoms with Crippen LogP contribution in [-0.4, -0.2) is 52.0 Å². The van der Waals surface area contributed by atoms with Crippen LogP contribution in [-0.2, 0) is 33.9 Å². The molecule has 31 heavy (non-hydrogen) atoms. The van der Waals surface area contributed by atoms with Crippen LogP contribution < -0.4 is 15.2 Å². The van der Waals surface area contributed by atoms with E-state index in [4.69, 9.17) is 24.1 Å². The zero-order valence-electron chi connectivity index (χ0n) is 18.0. The SMILES string of the molecule is BC1(c2cc(OC)cc(OC)c2)OC(N)=C(OS(=O)(=O)C(B)(B)c2ccccc2)C1=O. The molecule has 2 aromatic carbocycles. The minimum Gasteiger partial charge on any atom is -0.497 e. The van der Waals surface area contributed by atoms with Crippen molar-refractivity contribution in [3.8, 4) is 11.5 Å². The van der Waals surface area contributed by atoms with Crippen LogP contribution in [0.5, 0.6) is 11.5 Å². The molecule has 0 saturated heterocycles. The molecule has 0 bridgehead atoms. The first-order valence-electron chi connectivity index (χ1n) is 9.43. The molecule has 0 saturated carbocycles. The number of rotatable bonds is 7. The Kier molecular flexibility index (Phi) is 5.79. The second-order valence-corrected chi connectivity index (χ2v) is 9.77. The van der Waals surface area contributed by atoms with E-state index < -0.39 is 37.6 Å². The molecule has 0 radical (unpaired) electrons. The van der Waals surface area contributed by atoms with Crippen molar-refractivity contribution in [3.63, 3.8) is 0 Å². The van der Waals surface area contributed by atoms with Crippen LogP contribution in [0.3, 0.4) is 0 Å². The van der Waals surface area contributed by atoms with Crippen LogP contribution in [0.15, 0.2) is 60.2 Å². The summed E-state index contributed by atoms with van der Waals surface area (Å²) in [6.45, 7) is 0. The van der Waals surface area contributed by atoms with Gasteiger partial charge in [0.25, 0.3) is 0 Å². The van der Waals surface area contributed by atoms with Crippen molar-refractivity contribution in [2.75, 3.05) is 14.2 Å². The van der Waals surface area contributed by atoms with Gasteiger partial charge >= 0.3 is 10.1 Å². The summed E-state index contributed by atoms with van der Waals surface area (Å²) < 4.78 is 46.1. The molecule has 8 nitrogen and oxygen atoms in total. The van der Waals surface area contributed by atoms with Gasteiger partial charge in [0, 0.05) is 11.6 Å². The third kappa shape index (κ3) is 3.87. The van der Waals surface area contributed by atoms with Crippen LogP contribution in [0, 0.1) is 0 Å². The van der Waals surface area contributed by atoms with E-state index in [1.807, 2.05) is 0 Å². The lowest BCUT2D eigenvalue weighted by atomic mass is 9.65. The van der Waals surface area contributed by atoms with E-state index in [2.05, 4.69) is 0 Å². The summed E-state index contributed by atoms with van der Waals surface area (Å²) in [5.41, 5.74) is 5.15. The zero-order valence-corrected chi connectivity index (χ0v) is 18.8. The summed E-state index contributed by atoms with van der Waals surface area (Å²) in [6.07, 6.45) is 0. The maximum atomic E-state index is 13.2. The molecule has 0 amide bonds. The molecular weight excluding hydrogens is 419 g/mol. The Labute approximate surface area is 184 Å². The Balaban J connectivity index is 1.96. The molecule has 0 fully saturated rings. The van der Waals surface area contributed by atoms with Crippen LogP contribution in [0.25, 0.3) is 0 Å². The van der Waals surface area contributed by atoms with Crippen LogP contribution in [0.1, 0.15) is 11.1 Å². The van der Waals surface area contributed by atoms with Gasteiger partial charge in [0.2, 0.25) is 17.4 Å². The standard InChI is InChI=1S/C19H22B3NO7S/c1-27-13-8-12(9-14(10-13)28-2)18(20)16(24)15(17(23)29-18)30-31(25,26)19(21,22)11-6-4-3-5-7-11/h3-10H,20-23H2,1-2H3. The number of carbonyl (C=O) groups is 1. The molecule has 12 heteroatoms. The monoisotopic (exact) mass is 441 g/mol. The Hall–Kier alpha value is -3.01. The van der Waals surface area contributed by atoms with E-state index in [-0.39, 0.29) is 0 Å². The van der Waals surface area contributed by atoms with Crippen molar-refractivity contribution in [1.82, 2.24) is 0 Å². The van der Waals surface area contributed by atoms with Crippen LogP contribution >= 0.6 is 0 Å². The van der Waals surface area contributed by atoms with Crippen molar-refractivity contribution in [3.05, 3.63) is 71.3 Å². The van der Waals surface area contributed by atoms with E-state index in [1.54, 1.807) is 48.5 Å². The van der Waals surface area contributed by atoms with E-state index >= 15 is 0 Å².